The average Bonchev–Trinajstić information content (AvgIpc) is 2.38. The van der Waals surface area contributed by atoms with E-state index < -0.39 is 0 Å². The minimum absolute atomic E-state index is 0.00675. The van der Waals surface area contributed by atoms with E-state index in [1.165, 1.54) is 22.3 Å². The first kappa shape index (κ1) is 14.0. The van der Waals surface area contributed by atoms with Crippen molar-refractivity contribution in [1.29, 1.82) is 0 Å². The number of methoxy groups -OCH3 is 1. The molecule has 0 bridgehead atoms. The van der Waals surface area contributed by atoms with Crippen molar-refractivity contribution in [3.05, 3.63) is 64.7 Å². The van der Waals surface area contributed by atoms with Crippen LogP contribution in [0.4, 0.5) is 0 Å². The molecule has 0 aromatic heterocycles. The standard InChI is InChI=1S/C17H19ClO/c1-12-5-4-6-14(9-12)11-17(18)16-8-7-15(19-3)10-13(16)2/h4-10,17H,11H2,1-3H3. The van der Waals surface area contributed by atoms with E-state index in [4.69, 9.17) is 16.3 Å². The highest BCUT2D eigenvalue weighted by Gasteiger charge is 2.12. The zero-order chi connectivity index (χ0) is 13.8. The summed E-state index contributed by atoms with van der Waals surface area (Å²) in [5, 5.41) is -0.00675. The molecule has 0 saturated carbocycles. The summed E-state index contributed by atoms with van der Waals surface area (Å²) in [7, 11) is 1.68. The predicted molar refractivity (Wildman–Crippen MR) is 81.2 cm³/mol. The summed E-state index contributed by atoms with van der Waals surface area (Å²) >= 11 is 6.55. The summed E-state index contributed by atoms with van der Waals surface area (Å²) in [6.07, 6.45) is 0.844. The van der Waals surface area contributed by atoms with Crippen molar-refractivity contribution in [2.24, 2.45) is 0 Å². The number of hydrogen-bond acceptors (Lipinski definition) is 1. The molecular formula is C17H19ClO. The van der Waals surface area contributed by atoms with Gasteiger partial charge in [0.15, 0.2) is 0 Å². The Balaban J connectivity index is 2.18. The van der Waals surface area contributed by atoms with Crippen molar-refractivity contribution in [2.45, 2.75) is 25.6 Å². The first-order valence-corrected chi connectivity index (χ1v) is 6.88. The van der Waals surface area contributed by atoms with E-state index >= 15 is 0 Å². The van der Waals surface area contributed by atoms with Crippen molar-refractivity contribution in [3.63, 3.8) is 0 Å². The molecule has 0 N–H and O–H groups in total. The first-order valence-electron chi connectivity index (χ1n) is 6.44. The molecule has 1 atom stereocenters. The second-order valence-corrected chi connectivity index (χ2v) is 5.41. The summed E-state index contributed by atoms with van der Waals surface area (Å²) in [6.45, 7) is 4.18. The highest BCUT2D eigenvalue weighted by Crippen LogP contribution is 2.30. The lowest BCUT2D eigenvalue weighted by Crippen LogP contribution is -1.99. The lowest BCUT2D eigenvalue weighted by atomic mass is 9.99. The van der Waals surface area contributed by atoms with Gasteiger partial charge in [-0.3, -0.25) is 0 Å². The van der Waals surface area contributed by atoms with Gasteiger partial charge in [-0.05, 0) is 49.1 Å². The van der Waals surface area contributed by atoms with Crippen LogP contribution in [0.15, 0.2) is 42.5 Å². The van der Waals surface area contributed by atoms with Gasteiger partial charge in [-0.15, -0.1) is 11.6 Å². The quantitative estimate of drug-likeness (QED) is 0.725. The number of alkyl halides is 1. The van der Waals surface area contributed by atoms with Gasteiger partial charge in [0.25, 0.3) is 0 Å². The van der Waals surface area contributed by atoms with E-state index in [1.807, 2.05) is 12.1 Å². The number of halogens is 1. The van der Waals surface area contributed by atoms with Crippen LogP contribution in [0.5, 0.6) is 5.75 Å². The summed E-state index contributed by atoms with van der Waals surface area (Å²) in [5.41, 5.74) is 4.89. The highest BCUT2D eigenvalue weighted by molar-refractivity contribution is 6.21. The molecule has 1 unspecified atom stereocenters. The van der Waals surface area contributed by atoms with Crippen LogP contribution in [0.1, 0.15) is 27.6 Å². The molecule has 0 spiro atoms. The number of benzene rings is 2. The molecule has 0 aliphatic heterocycles. The third-order valence-corrected chi connectivity index (χ3v) is 3.70. The third kappa shape index (κ3) is 3.51. The summed E-state index contributed by atoms with van der Waals surface area (Å²) < 4.78 is 5.22. The fraction of sp³-hybridized carbons (Fsp3) is 0.294. The molecule has 0 aliphatic carbocycles. The third-order valence-electron chi connectivity index (χ3n) is 3.31. The summed E-state index contributed by atoms with van der Waals surface area (Å²) in [5.74, 6) is 0.876. The maximum atomic E-state index is 6.55. The number of aryl methyl sites for hydroxylation is 2. The van der Waals surface area contributed by atoms with Gasteiger partial charge in [-0.1, -0.05) is 35.9 Å². The molecule has 0 saturated heterocycles. The van der Waals surface area contributed by atoms with E-state index in [-0.39, 0.29) is 5.38 Å². The predicted octanol–water partition coefficient (Wildman–Crippen LogP) is 4.83. The van der Waals surface area contributed by atoms with Gasteiger partial charge in [-0.25, -0.2) is 0 Å². The Labute approximate surface area is 120 Å². The van der Waals surface area contributed by atoms with Gasteiger partial charge in [0.1, 0.15) is 5.75 Å². The minimum atomic E-state index is -0.00675. The Morgan fingerprint density at radius 2 is 1.89 bits per heavy atom. The summed E-state index contributed by atoms with van der Waals surface area (Å²) in [6, 6.07) is 14.5. The van der Waals surface area contributed by atoms with Crippen LogP contribution in [0.3, 0.4) is 0 Å². The maximum absolute atomic E-state index is 6.55. The van der Waals surface area contributed by atoms with Crippen LogP contribution in [-0.2, 0) is 6.42 Å². The zero-order valence-corrected chi connectivity index (χ0v) is 12.4. The topological polar surface area (TPSA) is 9.23 Å². The number of ether oxygens (including phenoxy) is 1. The lowest BCUT2D eigenvalue weighted by molar-refractivity contribution is 0.414. The van der Waals surface area contributed by atoms with Crippen LogP contribution in [0, 0.1) is 13.8 Å². The van der Waals surface area contributed by atoms with Crippen LogP contribution < -0.4 is 4.74 Å². The molecule has 0 heterocycles. The van der Waals surface area contributed by atoms with Crippen molar-refractivity contribution in [1.82, 2.24) is 0 Å². The van der Waals surface area contributed by atoms with Gasteiger partial charge in [0.05, 0.1) is 12.5 Å². The smallest absolute Gasteiger partial charge is 0.119 e. The average molecular weight is 275 g/mol. The van der Waals surface area contributed by atoms with Crippen LogP contribution in [-0.4, -0.2) is 7.11 Å². The molecule has 0 aliphatic rings. The Morgan fingerprint density at radius 3 is 2.53 bits per heavy atom. The van der Waals surface area contributed by atoms with Gasteiger partial charge in [0.2, 0.25) is 0 Å². The van der Waals surface area contributed by atoms with Crippen molar-refractivity contribution >= 4 is 11.6 Å². The summed E-state index contributed by atoms with van der Waals surface area (Å²) in [4.78, 5) is 0. The van der Waals surface area contributed by atoms with E-state index in [9.17, 15) is 0 Å². The first-order chi connectivity index (χ1) is 9.10. The van der Waals surface area contributed by atoms with Crippen LogP contribution in [0.25, 0.3) is 0 Å². The van der Waals surface area contributed by atoms with Crippen molar-refractivity contribution in [3.8, 4) is 5.75 Å². The van der Waals surface area contributed by atoms with E-state index in [1.54, 1.807) is 7.11 Å². The Hall–Kier alpha value is -1.47. The molecule has 0 radical (unpaired) electrons. The normalized spacial score (nSPS) is 12.2. The molecule has 100 valence electrons. The molecule has 2 aromatic rings. The minimum Gasteiger partial charge on any atom is -0.497 e. The largest absolute Gasteiger partial charge is 0.497 e. The Bertz CT molecular complexity index is 563. The van der Waals surface area contributed by atoms with E-state index in [2.05, 4.69) is 44.2 Å². The molecule has 2 rings (SSSR count). The fourth-order valence-electron chi connectivity index (χ4n) is 2.28. The van der Waals surface area contributed by atoms with Gasteiger partial charge in [-0.2, -0.15) is 0 Å². The van der Waals surface area contributed by atoms with Crippen molar-refractivity contribution < 1.29 is 4.74 Å². The SMILES string of the molecule is COc1ccc(C(Cl)Cc2cccc(C)c2)c(C)c1. The maximum Gasteiger partial charge on any atom is 0.119 e. The Kier molecular flexibility index (Phi) is 4.49. The molecule has 0 amide bonds. The van der Waals surface area contributed by atoms with Gasteiger partial charge < -0.3 is 4.74 Å². The molecular weight excluding hydrogens is 256 g/mol. The molecule has 0 fully saturated rings. The fourth-order valence-corrected chi connectivity index (χ4v) is 2.71. The molecule has 1 nitrogen and oxygen atoms in total. The lowest BCUT2D eigenvalue weighted by Gasteiger charge is -2.14. The molecule has 2 aromatic carbocycles. The zero-order valence-electron chi connectivity index (χ0n) is 11.6. The number of rotatable bonds is 4. The molecule has 19 heavy (non-hydrogen) atoms. The Morgan fingerprint density at radius 1 is 1.11 bits per heavy atom. The second-order valence-electron chi connectivity index (χ2n) is 4.88. The second kappa shape index (κ2) is 6.12. The van der Waals surface area contributed by atoms with Crippen LogP contribution >= 0.6 is 11.6 Å². The number of hydrogen-bond donors (Lipinski definition) is 0. The van der Waals surface area contributed by atoms with E-state index in [0.29, 0.717) is 0 Å². The van der Waals surface area contributed by atoms with Crippen LogP contribution in [0.2, 0.25) is 0 Å². The van der Waals surface area contributed by atoms with E-state index in [0.717, 1.165) is 12.2 Å². The monoisotopic (exact) mass is 274 g/mol. The van der Waals surface area contributed by atoms with Gasteiger partial charge in [0, 0.05) is 0 Å². The van der Waals surface area contributed by atoms with Gasteiger partial charge >= 0.3 is 0 Å². The highest BCUT2D eigenvalue weighted by atomic mass is 35.5. The van der Waals surface area contributed by atoms with Crippen molar-refractivity contribution in [2.75, 3.05) is 7.11 Å². The molecule has 2 heteroatoms.